The van der Waals surface area contributed by atoms with Crippen LogP contribution in [0.15, 0.2) is 24.7 Å². The Morgan fingerprint density at radius 2 is 1.45 bits per heavy atom. The topological polar surface area (TPSA) is 35.2 Å². The third kappa shape index (κ3) is 11.9. The van der Waals surface area contributed by atoms with E-state index in [0.29, 0.717) is 5.41 Å². The van der Waals surface area contributed by atoms with Crippen molar-refractivity contribution in [2.45, 2.75) is 86.5 Å². The van der Waals surface area contributed by atoms with E-state index in [2.05, 4.69) is 40.9 Å². The van der Waals surface area contributed by atoms with Crippen LogP contribution in [0.2, 0.25) is 0 Å². The van der Waals surface area contributed by atoms with Gasteiger partial charge in [0.2, 0.25) is 0 Å². The van der Waals surface area contributed by atoms with Crippen LogP contribution >= 0.6 is 0 Å². The van der Waals surface area contributed by atoms with Crippen molar-refractivity contribution < 1.29 is 4.74 Å². The van der Waals surface area contributed by atoms with Crippen molar-refractivity contribution in [3.8, 4) is 0 Å². The van der Waals surface area contributed by atoms with Crippen LogP contribution in [0.25, 0.3) is 0 Å². The molecule has 132 valence electrons. The van der Waals surface area contributed by atoms with Gasteiger partial charge in [0.15, 0.2) is 0 Å². The Balaban J connectivity index is 0. The minimum absolute atomic E-state index is 0.551. The van der Waals surface area contributed by atoms with Gasteiger partial charge in [-0.1, -0.05) is 74.0 Å². The molecule has 1 unspecified atom stereocenters. The molecule has 0 rings (SSSR count). The Hall–Kier alpha value is -0.760. The largest absolute Gasteiger partial charge is 0.467 e. The van der Waals surface area contributed by atoms with Gasteiger partial charge in [0, 0.05) is 12.8 Å². The number of rotatable bonds is 11. The van der Waals surface area contributed by atoms with Gasteiger partial charge >= 0.3 is 0 Å². The fourth-order valence-corrected chi connectivity index (χ4v) is 2.27. The molecule has 2 N–H and O–H groups in total. The Labute approximate surface area is 140 Å². The van der Waals surface area contributed by atoms with Crippen LogP contribution in [-0.2, 0) is 4.74 Å². The standard InChI is InChI=1S/C12H27N.C8H14O/c1-5-11(8-9-13)10-12(4,6-2)7-3;1-5-7(3)9-8(4)6-2/h11H,5-10,13H2,1-4H3;3-6H2,1-2H3. The van der Waals surface area contributed by atoms with Gasteiger partial charge in [0.1, 0.15) is 0 Å². The first-order chi connectivity index (χ1) is 10.3. The van der Waals surface area contributed by atoms with Gasteiger partial charge in [-0.25, -0.2) is 0 Å². The fraction of sp³-hybridized carbons (Fsp3) is 0.800. The molecule has 0 aromatic heterocycles. The summed E-state index contributed by atoms with van der Waals surface area (Å²) in [6.07, 6.45) is 8.15. The van der Waals surface area contributed by atoms with Crippen molar-refractivity contribution in [2.75, 3.05) is 6.54 Å². The van der Waals surface area contributed by atoms with E-state index in [9.17, 15) is 0 Å². The molecule has 0 aliphatic heterocycles. The number of hydrogen-bond acceptors (Lipinski definition) is 2. The zero-order valence-corrected chi connectivity index (χ0v) is 16.1. The van der Waals surface area contributed by atoms with E-state index in [0.717, 1.165) is 36.8 Å². The Morgan fingerprint density at radius 3 is 1.73 bits per heavy atom. The van der Waals surface area contributed by atoms with Crippen LogP contribution in [0.3, 0.4) is 0 Å². The number of hydrogen-bond donors (Lipinski definition) is 1. The van der Waals surface area contributed by atoms with Crippen LogP contribution in [0.4, 0.5) is 0 Å². The molecule has 1 atom stereocenters. The molecule has 0 aliphatic carbocycles. The van der Waals surface area contributed by atoms with Crippen molar-refractivity contribution in [3.63, 3.8) is 0 Å². The Morgan fingerprint density at radius 1 is 1.00 bits per heavy atom. The second kappa shape index (κ2) is 13.9. The molecular formula is C20H41NO. The molecule has 0 radical (unpaired) electrons. The lowest BCUT2D eigenvalue weighted by Crippen LogP contribution is -2.20. The molecule has 0 spiro atoms. The predicted molar refractivity (Wildman–Crippen MR) is 101 cm³/mol. The highest BCUT2D eigenvalue weighted by Crippen LogP contribution is 2.35. The Kier molecular flexibility index (Phi) is 14.8. The van der Waals surface area contributed by atoms with Gasteiger partial charge < -0.3 is 10.5 Å². The van der Waals surface area contributed by atoms with Crippen LogP contribution in [0.1, 0.15) is 86.5 Å². The molecule has 2 nitrogen and oxygen atoms in total. The zero-order chi connectivity index (χ0) is 17.6. The van der Waals surface area contributed by atoms with E-state index in [1.54, 1.807) is 0 Å². The normalized spacial score (nSPS) is 12.1. The van der Waals surface area contributed by atoms with Gasteiger partial charge in [-0.15, -0.1) is 0 Å². The Bertz CT molecular complexity index is 278. The van der Waals surface area contributed by atoms with Gasteiger partial charge in [-0.3, -0.25) is 0 Å². The van der Waals surface area contributed by atoms with Gasteiger partial charge in [-0.05, 0) is 30.7 Å². The highest BCUT2D eigenvalue weighted by atomic mass is 16.5. The van der Waals surface area contributed by atoms with Crippen molar-refractivity contribution in [3.05, 3.63) is 24.7 Å². The molecule has 0 aromatic rings. The third-order valence-electron chi connectivity index (χ3n) is 4.72. The summed E-state index contributed by atoms with van der Waals surface area (Å²) in [5, 5.41) is 0. The summed E-state index contributed by atoms with van der Waals surface area (Å²) >= 11 is 0. The summed E-state index contributed by atoms with van der Waals surface area (Å²) < 4.78 is 5.16. The SMILES string of the molecule is C=C(CC)OC(=C)CC.CCC(CCN)CC(C)(CC)CC. The lowest BCUT2D eigenvalue weighted by molar-refractivity contribution is 0.211. The minimum atomic E-state index is 0.551. The highest BCUT2D eigenvalue weighted by molar-refractivity contribution is 4.91. The van der Waals surface area contributed by atoms with Crippen molar-refractivity contribution >= 4 is 0 Å². The molecule has 0 aromatic carbocycles. The molecule has 22 heavy (non-hydrogen) atoms. The fourth-order valence-electron chi connectivity index (χ4n) is 2.27. The lowest BCUT2D eigenvalue weighted by atomic mass is 9.75. The summed E-state index contributed by atoms with van der Waals surface area (Å²) in [5.41, 5.74) is 6.16. The van der Waals surface area contributed by atoms with Crippen molar-refractivity contribution in [1.29, 1.82) is 0 Å². The summed E-state index contributed by atoms with van der Waals surface area (Å²) in [6.45, 7) is 21.5. The molecule has 0 amide bonds. The first-order valence-electron chi connectivity index (χ1n) is 9.05. The van der Waals surface area contributed by atoms with Gasteiger partial charge in [-0.2, -0.15) is 0 Å². The smallest absolute Gasteiger partial charge is 0.0961 e. The molecule has 0 saturated carbocycles. The molecule has 0 fully saturated rings. The number of nitrogens with two attached hydrogens (primary N) is 1. The maximum Gasteiger partial charge on any atom is 0.0961 e. The predicted octanol–water partition coefficient (Wildman–Crippen LogP) is 6.43. The minimum Gasteiger partial charge on any atom is -0.467 e. The van der Waals surface area contributed by atoms with E-state index in [4.69, 9.17) is 10.5 Å². The molecule has 0 bridgehead atoms. The van der Waals surface area contributed by atoms with Crippen molar-refractivity contribution in [1.82, 2.24) is 0 Å². The molecule has 2 heteroatoms. The monoisotopic (exact) mass is 311 g/mol. The molecule has 0 aliphatic rings. The van der Waals surface area contributed by atoms with Gasteiger partial charge in [0.05, 0.1) is 11.5 Å². The first-order valence-corrected chi connectivity index (χ1v) is 9.05. The van der Waals surface area contributed by atoms with Crippen molar-refractivity contribution in [2.24, 2.45) is 17.1 Å². The van der Waals surface area contributed by atoms with E-state index >= 15 is 0 Å². The first kappa shape index (κ1) is 23.5. The third-order valence-corrected chi connectivity index (χ3v) is 4.72. The number of ether oxygens (including phenoxy) is 1. The maximum atomic E-state index is 5.61. The van der Waals surface area contributed by atoms with Crippen LogP contribution in [-0.4, -0.2) is 6.54 Å². The van der Waals surface area contributed by atoms with E-state index in [-0.39, 0.29) is 0 Å². The second-order valence-corrected chi connectivity index (χ2v) is 6.46. The highest BCUT2D eigenvalue weighted by Gasteiger charge is 2.23. The quantitative estimate of drug-likeness (QED) is 0.446. The molecule has 0 heterocycles. The summed E-state index contributed by atoms with van der Waals surface area (Å²) in [6, 6.07) is 0. The maximum absolute atomic E-state index is 5.61. The number of allylic oxidation sites excluding steroid dienone is 2. The molecular weight excluding hydrogens is 270 g/mol. The average molecular weight is 312 g/mol. The average Bonchev–Trinajstić information content (AvgIpc) is 2.54. The lowest BCUT2D eigenvalue weighted by Gasteiger charge is -2.31. The van der Waals surface area contributed by atoms with Crippen LogP contribution < -0.4 is 5.73 Å². The second-order valence-electron chi connectivity index (χ2n) is 6.46. The summed E-state index contributed by atoms with van der Waals surface area (Å²) in [5.74, 6) is 2.43. The summed E-state index contributed by atoms with van der Waals surface area (Å²) in [7, 11) is 0. The van der Waals surface area contributed by atoms with Crippen LogP contribution in [0, 0.1) is 11.3 Å². The van der Waals surface area contributed by atoms with E-state index in [1.165, 1.54) is 32.1 Å². The van der Waals surface area contributed by atoms with Crippen LogP contribution in [0.5, 0.6) is 0 Å². The van der Waals surface area contributed by atoms with E-state index < -0.39 is 0 Å². The van der Waals surface area contributed by atoms with Gasteiger partial charge in [0.25, 0.3) is 0 Å². The zero-order valence-electron chi connectivity index (χ0n) is 16.1. The summed E-state index contributed by atoms with van der Waals surface area (Å²) in [4.78, 5) is 0. The molecule has 0 saturated heterocycles. The van der Waals surface area contributed by atoms with E-state index in [1.807, 2.05) is 13.8 Å².